The third kappa shape index (κ3) is 5.42. The van der Waals surface area contributed by atoms with Crippen LogP contribution in [0.15, 0.2) is 42.5 Å². The molecule has 2 aromatic rings. The molecule has 2 heterocycles. The molecule has 0 atom stereocenters. The lowest BCUT2D eigenvalue weighted by atomic mass is 9.95. The van der Waals surface area contributed by atoms with E-state index in [-0.39, 0.29) is 29.6 Å². The summed E-state index contributed by atoms with van der Waals surface area (Å²) in [6, 6.07) is 14.2. The molecule has 3 amide bonds. The number of ether oxygens (including phenoxy) is 1. The Balaban J connectivity index is 1.16. The van der Waals surface area contributed by atoms with Gasteiger partial charge in [-0.1, -0.05) is 37.1 Å². The fourth-order valence-corrected chi connectivity index (χ4v) is 6.10. The van der Waals surface area contributed by atoms with Gasteiger partial charge in [-0.25, -0.2) is 0 Å². The van der Waals surface area contributed by atoms with Crippen molar-refractivity contribution in [2.75, 3.05) is 39.3 Å². The van der Waals surface area contributed by atoms with Crippen molar-refractivity contribution in [3.8, 4) is 5.75 Å². The van der Waals surface area contributed by atoms with Crippen LogP contribution in [0.3, 0.4) is 0 Å². The highest BCUT2D eigenvalue weighted by atomic mass is 16.5. The zero-order chi connectivity index (χ0) is 26.1. The van der Waals surface area contributed by atoms with E-state index >= 15 is 0 Å². The van der Waals surface area contributed by atoms with Crippen LogP contribution in [0.25, 0.3) is 0 Å². The van der Waals surface area contributed by atoms with Gasteiger partial charge in [0.05, 0.1) is 12.5 Å². The second-order valence-corrected chi connectivity index (χ2v) is 11.4. The second-order valence-electron chi connectivity index (χ2n) is 11.4. The molecule has 1 N–H and O–H groups in total. The highest BCUT2D eigenvalue weighted by molar-refractivity contribution is 5.94. The molecule has 7 nitrogen and oxygen atoms in total. The Morgan fingerprint density at radius 1 is 0.868 bits per heavy atom. The fraction of sp³-hybridized carbons (Fsp3) is 0.516. The Morgan fingerprint density at radius 3 is 2.45 bits per heavy atom. The van der Waals surface area contributed by atoms with Crippen LogP contribution in [0, 0.1) is 11.8 Å². The molecule has 3 fully saturated rings. The highest BCUT2D eigenvalue weighted by Crippen LogP contribution is 2.41. The topological polar surface area (TPSA) is 79.0 Å². The van der Waals surface area contributed by atoms with Gasteiger partial charge in [-0.3, -0.25) is 14.4 Å². The number of carbonyl (C=O) groups is 3. The summed E-state index contributed by atoms with van der Waals surface area (Å²) in [5.74, 6) is 1.57. The molecule has 1 saturated heterocycles. The van der Waals surface area contributed by atoms with Gasteiger partial charge in [-0.05, 0) is 66.5 Å². The number of fused-ring (bicyclic) bond motifs is 3. The molecule has 6 rings (SSSR count). The van der Waals surface area contributed by atoms with Gasteiger partial charge in [-0.2, -0.15) is 0 Å². The van der Waals surface area contributed by atoms with E-state index in [1.807, 2.05) is 23.1 Å². The standard InChI is InChI=1S/C31H37N3O4/c35-29-25-7-3-4-21(16-25)17-26-18-24(22-8-9-22)10-11-28(26)38-15-14-33(13-12-32-29)31(37)27-19-34(20-27)30(36)23-5-1-2-6-23/h3-4,7,10-11,16,18,22-23,27H,1-2,5-6,8-9,12-15,17,19-20H2,(H,32,35). The van der Waals surface area contributed by atoms with Crippen molar-refractivity contribution in [1.29, 1.82) is 0 Å². The molecule has 2 aliphatic heterocycles. The molecule has 0 spiro atoms. The third-order valence-corrected chi connectivity index (χ3v) is 8.56. The minimum absolute atomic E-state index is 0.0386. The molecular formula is C31H37N3O4. The van der Waals surface area contributed by atoms with E-state index < -0.39 is 0 Å². The summed E-state index contributed by atoms with van der Waals surface area (Å²) in [5.41, 5.74) is 4.16. The minimum atomic E-state index is -0.181. The van der Waals surface area contributed by atoms with E-state index in [1.54, 1.807) is 4.90 Å². The van der Waals surface area contributed by atoms with E-state index in [2.05, 4.69) is 29.6 Å². The normalized spacial score (nSPS) is 21.1. The molecule has 2 saturated carbocycles. The average Bonchev–Trinajstić information content (AvgIpc) is 3.60. The first-order valence-corrected chi connectivity index (χ1v) is 14.3. The number of likely N-dealkylation sites (tertiary alicyclic amines) is 1. The highest BCUT2D eigenvalue weighted by Gasteiger charge is 2.40. The SMILES string of the molecule is O=C1NCCN(C(=O)C2CN(C(=O)C3CCCC3)C2)CCOc2ccc(C3CC3)cc2Cc2cccc1c2. The molecule has 0 aromatic heterocycles. The van der Waals surface area contributed by atoms with Crippen LogP contribution < -0.4 is 10.1 Å². The average molecular weight is 516 g/mol. The Kier molecular flexibility index (Phi) is 7.09. The molecule has 2 aliphatic carbocycles. The van der Waals surface area contributed by atoms with Crippen LogP contribution in [0.2, 0.25) is 0 Å². The maximum absolute atomic E-state index is 13.4. The molecule has 7 heteroatoms. The number of rotatable bonds is 3. The van der Waals surface area contributed by atoms with Crippen LogP contribution in [-0.2, 0) is 16.0 Å². The summed E-state index contributed by atoms with van der Waals surface area (Å²) in [4.78, 5) is 42.7. The number of amides is 3. The smallest absolute Gasteiger partial charge is 0.251 e. The lowest BCUT2D eigenvalue weighted by Crippen LogP contribution is -2.58. The van der Waals surface area contributed by atoms with Crippen molar-refractivity contribution in [3.63, 3.8) is 0 Å². The van der Waals surface area contributed by atoms with Crippen LogP contribution in [0.5, 0.6) is 5.75 Å². The number of nitrogens with zero attached hydrogens (tertiary/aromatic N) is 2. The number of benzene rings is 2. The van der Waals surface area contributed by atoms with Gasteiger partial charge in [-0.15, -0.1) is 0 Å². The number of hydrogen-bond donors (Lipinski definition) is 1. The maximum Gasteiger partial charge on any atom is 0.251 e. The molecule has 200 valence electrons. The van der Waals surface area contributed by atoms with E-state index in [4.69, 9.17) is 4.74 Å². The minimum Gasteiger partial charge on any atom is -0.491 e. The first kappa shape index (κ1) is 25.0. The third-order valence-electron chi connectivity index (χ3n) is 8.56. The van der Waals surface area contributed by atoms with E-state index in [9.17, 15) is 14.4 Å². The summed E-state index contributed by atoms with van der Waals surface area (Å²) in [6.07, 6.45) is 7.36. The summed E-state index contributed by atoms with van der Waals surface area (Å²) < 4.78 is 6.27. The van der Waals surface area contributed by atoms with Gasteiger partial charge in [0.15, 0.2) is 0 Å². The van der Waals surface area contributed by atoms with Crippen molar-refractivity contribution >= 4 is 17.7 Å². The Hall–Kier alpha value is -3.35. The van der Waals surface area contributed by atoms with Crippen LogP contribution >= 0.6 is 0 Å². The maximum atomic E-state index is 13.4. The largest absolute Gasteiger partial charge is 0.491 e. The van der Waals surface area contributed by atoms with Gasteiger partial charge < -0.3 is 19.9 Å². The van der Waals surface area contributed by atoms with Crippen LogP contribution in [0.4, 0.5) is 0 Å². The zero-order valence-electron chi connectivity index (χ0n) is 22.0. The van der Waals surface area contributed by atoms with Crippen LogP contribution in [-0.4, -0.2) is 66.9 Å². The first-order valence-electron chi connectivity index (χ1n) is 14.3. The predicted molar refractivity (Wildman–Crippen MR) is 144 cm³/mol. The Labute approximate surface area is 224 Å². The lowest BCUT2D eigenvalue weighted by molar-refractivity contribution is -0.150. The molecular weight excluding hydrogens is 478 g/mol. The van der Waals surface area contributed by atoms with E-state index in [0.717, 1.165) is 42.6 Å². The number of carbonyl (C=O) groups excluding carboxylic acids is 3. The molecule has 0 radical (unpaired) electrons. The molecule has 0 unspecified atom stereocenters. The lowest BCUT2D eigenvalue weighted by Gasteiger charge is -2.41. The van der Waals surface area contributed by atoms with Gasteiger partial charge >= 0.3 is 0 Å². The van der Waals surface area contributed by atoms with Gasteiger partial charge in [0, 0.05) is 44.1 Å². The Morgan fingerprint density at radius 2 is 1.66 bits per heavy atom. The summed E-state index contributed by atoms with van der Waals surface area (Å²) >= 11 is 0. The van der Waals surface area contributed by atoms with Crippen molar-refractivity contribution in [2.24, 2.45) is 11.8 Å². The van der Waals surface area contributed by atoms with Gasteiger partial charge in [0.25, 0.3) is 5.91 Å². The fourth-order valence-electron chi connectivity index (χ4n) is 6.10. The van der Waals surface area contributed by atoms with Crippen molar-refractivity contribution in [1.82, 2.24) is 15.1 Å². The Bertz CT molecular complexity index is 1210. The summed E-state index contributed by atoms with van der Waals surface area (Å²) in [7, 11) is 0. The molecule has 38 heavy (non-hydrogen) atoms. The quantitative estimate of drug-likeness (QED) is 0.675. The molecule has 2 aromatic carbocycles. The van der Waals surface area contributed by atoms with Crippen molar-refractivity contribution in [2.45, 2.75) is 50.9 Å². The second kappa shape index (κ2) is 10.8. The van der Waals surface area contributed by atoms with Crippen molar-refractivity contribution in [3.05, 3.63) is 64.7 Å². The van der Waals surface area contributed by atoms with Gasteiger partial charge in [0.2, 0.25) is 11.8 Å². The van der Waals surface area contributed by atoms with E-state index in [1.165, 1.54) is 18.4 Å². The molecule has 4 aliphatic rings. The zero-order valence-corrected chi connectivity index (χ0v) is 22.0. The van der Waals surface area contributed by atoms with E-state index in [0.29, 0.717) is 57.2 Å². The summed E-state index contributed by atoms with van der Waals surface area (Å²) in [6.45, 7) is 2.60. The predicted octanol–water partition coefficient (Wildman–Crippen LogP) is 3.75. The molecule has 2 bridgehead atoms. The van der Waals surface area contributed by atoms with Crippen molar-refractivity contribution < 1.29 is 19.1 Å². The van der Waals surface area contributed by atoms with Crippen LogP contribution in [0.1, 0.15) is 71.5 Å². The first-order chi connectivity index (χ1) is 18.5. The number of hydrogen-bond acceptors (Lipinski definition) is 4. The monoisotopic (exact) mass is 515 g/mol. The number of nitrogens with one attached hydrogen (secondary N) is 1. The summed E-state index contributed by atoms with van der Waals surface area (Å²) in [5, 5.41) is 2.98. The van der Waals surface area contributed by atoms with Gasteiger partial charge in [0.1, 0.15) is 12.4 Å².